The Morgan fingerprint density at radius 1 is 1.41 bits per heavy atom. The lowest BCUT2D eigenvalue weighted by molar-refractivity contribution is 0.283. The molecule has 0 aromatic carbocycles. The molecule has 1 heterocycles. The Kier molecular flexibility index (Phi) is 2.99. The molecular weight excluding hydrogens is 242 g/mol. The minimum absolute atomic E-state index is 0.194. The summed E-state index contributed by atoms with van der Waals surface area (Å²) in [6, 6.07) is 0. The van der Waals surface area contributed by atoms with Crippen molar-refractivity contribution < 1.29 is 12.9 Å². The molecule has 1 fully saturated rings. The third kappa shape index (κ3) is 2.35. The minimum Gasteiger partial charge on any atom is -0.337 e. The van der Waals surface area contributed by atoms with E-state index in [0.29, 0.717) is 5.89 Å². The van der Waals surface area contributed by atoms with Crippen LogP contribution in [0.1, 0.15) is 49.6 Å². The molecule has 96 valence electrons. The van der Waals surface area contributed by atoms with Crippen molar-refractivity contribution in [2.24, 2.45) is 5.73 Å². The van der Waals surface area contributed by atoms with Gasteiger partial charge < -0.3 is 10.3 Å². The van der Waals surface area contributed by atoms with Gasteiger partial charge in [0.2, 0.25) is 5.89 Å². The van der Waals surface area contributed by atoms with Crippen molar-refractivity contribution in [3.05, 3.63) is 11.7 Å². The van der Waals surface area contributed by atoms with E-state index in [1.807, 2.05) is 0 Å². The van der Waals surface area contributed by atoms with Gasteiger partial charge in [-0.15, -0.1) is 0 Å². The lowest BCUT2D eigenvalue weighted by atomic mass is 9.99. The molecule has 1 saturated carbocycles. The second kappa shape index (κ2) is 4.06. The highest BCUT2D eigenvalue weighted by Crippen LogP contribution is 2.35. The number of hydrogen-bond donors (Lipinski definition) is 1. The number of nitrogens with two attached hydrogens (primary N) is 1. The zero-order valence-electron chi connectivity index (χ0n) is 10.0. The quantitative estimate of drug-likeness (QED) is 0.865. The highest BCUT2D eigenvalue weighted by Gasteiger charge is 2.37. The van der Waals surface area contributed by atoms with Gasteiger partial charge in [-0.05, 0) is 19.8 Å². The van der Waals surface area contributed by atoms with Crippen molar-refractivity contribution >= 4 is 9.84 Å². The Morgan fingerprint density at radius 2 is 2.00 bits per heavy atom. The predicted octanol–water partition coefficient (Wildman–Crippen LogP) is 0.903. The average molecular weight is 259 g/mol. The molecule has 0 saturated heterocycles. The van der Waals surface area contributed by atoms with Crippen LogP contribution >= 0.6 is 0 Å². The van der Waals surface area contributed by atoms with E-state index in [4.69, 9.17) is 10.3 Å². The van der Waals surface area contributed by atoms with Gasteiger partial charge in [0.1, 0.15) is 5.25 Å². The summed E-state index contributed by atoms with van der Waals surface area (Å²) >= 11 is 0. The molecular formula is C10H17N3O3S. The summed E-state index contributed by atoms with van der Waals surface area (Å²) in [5.41, 5.74) is 5.59. The second-order valence-corrected chi connectivity index (χ2v) is 7.16. The zero-order chi connectivity index (χ0) is 12.7. The summed E-state index contributed by atoms with van der Waals surface area (Å²) < 4.78 is 27.9. The van der Waals surface area contributed by atoms with Crippen LogP contribution < -0.4 is 5.73 Å². The Bertz CT molecular complexity index is 503. The Balaban J connectivity index is 2.27. The molecule has 17 heavy (non-hydrogen) atoms. The summed E-state index contributed by atoms with van der Waals surface area (Å²) in [5.74, 6) is 0.555. The number of hydrogen-bond acceptors (Lipinski definition) is 6. The van der Waals surface area contributed by atoms with Crippen molar-refractivity contribution in [1.29, 1.82) is 0 Å². The molecule has 6 nitrogen and oxygen atoms in total. The van der Waals surface area contributed by atoms with E-state index in [1.54, 1.807) is 6.92 Å². The highest BCUT2D eigenvalue weighted by molar-refractivity contribution is 7.90. The molecule has 2 N–H and O–H groups in total. The third-order valence-electron chi connectivity index (χ3n) is 3.37. The SMILES string of the molecule is CC(c1noc(C2(N)CCCC2)n1)S(C)(=O)=O. The van der Waals surface area contributed by atoms with Crippen molar-refractivity contribution in [2.45, 2.75) is 43.4 Å². The average Bonchev–Trinajstić information content (AvgIpc) is 2.84. The molecule has 0 aliphatic heterocycles. The van der Waals surface area contributed by atoms with Gasteiger partial charge in [-0.25, -0.2) is 8.42 Å². The van der Waals surface area contributed by atoms with Crippen LogP contribution in [0.25, 0.3) is 0 Å². The van der Waals surface area contributed by atoms with Crippen LogP contribution in [-0.4, -0.2) is 24.8 Å². The van der Waals surface area contributed by atoms with Gasteiger partial charge in [-0.2, -0.15) is 4.98 Å². The topological polar surface area (TPSA) is 99.1 Å². The first kappa shape index (κ1) is 12.5. The molecule has 1 aromatic rings. The Morgan fingerprint density at radius 3 is 2.53 bits per heavy atom. The fourth-order valence-corrected chi connectivity index (χ4v) is 2.49. The zero-order valence-corrected chi connectivity index (χ0v) is 10.8. The molecule has 0 amide bonds. The Hall–Kier alpha value is -0.950. The van der Waals surface area contributed by atoms with Gasteiger partial charge in [-0.1, -0.05) is 18.0 Å². The van der Waals surface area contributed by atoms with Crippen molar-refractivity contribution in [2.75, 3.05) is 6.26 Å². The van der Waals surface area contributed by atoms with E-state index >= 15 is 0 Å². The Labute approximate surface area is 100 Å². The summed E-state index contributed by atoms with van der Waals surface area (Å²) in [6.07, 6.45) is 4.84. The minimum atomic E-state index is -3.21. The first-order valence-electron chi connectivity index (χ1n) is 5.65. The molecule has 1 aliphatic rings. The van der Waals surface area contributed by atoms with Crippen LogP contribution in [0.5, 0.6) is 0 Å². The number of nitrogens with zero attached hydrogens (tertiary/aromatic N) is 2. The molecule has 1 unspecified atom stereocenters. The van der Waals surface area contributed by atoms with Gasteiger partial charge in [0.25, 0.3) is 0 Å². The number of aromatic nitrogens is 2. The second-order valence-electron chi connectivity index (χ2n) is 4.79. The van der Waals surface area contributed by atoms with Crippen LogP contribution in [0.3, 0.4) is 0 Å². The first-order valence-corrected chi connectivity index (χ1v) is 7.60. The molecule has 1 atom stereocenters. The van der Waals surface area contributed by atoms with Crippen molar-refractivity contribution in [3.63, 3.8) is 0 Å². The molecule has 1 aromatic heterocycles. The maximum absolute atomic E-state index is 11.4. The maximum atomic E-state index is 11.4. The normalized spacial score (nSPS) is 21.6. The van der Waals surface area contributed by atoms with Crippen molar-refractivity contribution in [1.82, 2.24) is 10.1 Å². The predicted molar refractivity (Wildman–Crippen MR) is 61.9 cm³/mol. The van der Waals surface area contributed by atoms with Gasteiger partial charge in [0.15, 0.2) is 15.7 Å². The smallest absolute Gasteiger partial charge is 0.246 e. The van der Waals surface area contributed by atoms with E-state index in [0.717, 1.165) is 31.9 Å². The molecule has 7 heteroatoms. The van der Waals surface area contributed by atoms with E-state index in [-0.39, 0.29) is 5.82 Å². The largest absolute Gasteiger partial charge is 0.337 e. The van der Waals surface area contributed by atoms with Gasteiger partial charge in [0, 0.05) is 6.26 Å². The maximum Gasteiger partial charge on any atom is 0.246 e. The monoisotopic (exact) mass is 259 g/mol. The third-order valence-corrected chi connectivity index (χ3v) is 4.86. The molecule has 2 rings (SSSR count). The lowest BCUT2D eigenvalue weighted by Crippen LogP contribution is -2.33. The van der Waals surface area contributed by atoms with E-state index in [9.17, 15) is 8.42 Å². The van der Waals surface area contributed by atoms with Gasteiger partial charge >= 0.3 is 0 Å². The van der Waals surface area contributed by atoms with Gasteiger partial charge in [-0.3, -0.25) is 0 Å². The fourth-order valence-electron chi connectivity index (χ4n) is 2.01. The molecule has 1 aliphatic carbocycles. The first-order chi connectivity index (χ1) is 7.83. The van der Waals surface area contributed by atoms with Crippen LogP contribution in [-0.2, 0) is 15.4 Å². The summed E-state index contributed by atoms with van der Waals surface area (Å²) in [4.78, 5) is 4.15. The van der Waals surface area contributed by atoms with Crippen LogP contribution in [0.2, 0.25) is 0 Å². The number of rotatable bonds is 3. The summed E-state index contributed by atoms with van der Waals surface area (Å²) in [6.45, 7) is 1.54. The highest BCUT2D eigenvalue weighted by atomic mass is 32.2. The van der Waals surface area contributed by atoms with Crippen LogP contribution in [0.15, 0.2) is 4.52 Å². The molecule has 0 spiro atoms. The molecule has 0 bridgehead atoms. The van der Waals surface area contributed by atoms with E-state index in [1.165, 1.54) is 0 Å². The van der Waals surface area contributed by atoms with E-state index in [2.05, 4.69) is 10.1 Å². The van der Waals surface area contributed by atoms with E-state index < -0.39 is 20.6 Å². The molecule has 0 radical (unpaired) electrons. The lowest BCUT2D eigenvalue weighted by Gasteiger charge is -2.17. The van der Waals surface area contributed by atoms with Gasteiger partial charge in [0.05, 0.1) is 5.54 Å². The van der Waals surface area contributed by atoms with Crippen molar-refractivity contribution in [3.8, 4) is 0 Å². The standard InChI is InChI=1S/C10H17N3O3S/c1-7(17(2,14)15)8-12-9(16-13-8)10(11)5-3-4-6-10/h7H,3-6,11H2,1-2H3. The fraction of sp³-hybridized carbons (Fsp3) is 0.800. The van der Waals surface area contributed by atoms with Crippen LogP contribution in [0.4, 0.5) is 0 Å². The number of sulfone groups is 1. The summed E-state index contributed by atoms with van der Waals surface area (Å²) in [7, 11) is -3.21. The summed E-state index contributed by atoms with van der Waals surface area (Å²) in [5, 5.41) is 2.97. The van der Waals surface area contributed by atoms with Crippen LogP contribution in [0, 0.1) is 0 Å².